The first-order chi connectivity index (χ1) is 9.06. The number of carbonyl (C=O) groups is 3. The Morgan fingerprint density at radius 2 is 1.80 bits per heavy atom. The Kier molecular flexibility index (Phi) is 7.20. The molecule has 0 aromatic heterocycles. The zero-order valence-corrected chi connectivity index (χ0v) is 13.6. The molecular formula is C13H22O6Si. The van der Waals surface area contributed by atoms with Gasteiger partial charge < -0.3 is 14.3 Å². The lowest BCUT2D eigenvalue weighted by Gasteiger charge is -2.22. The molecule has 0 spiro atoms. The Morgan fingerprint density at radius 3 is 2.20 bits per heavy atom. The van der Waals surface area contributed by atoms with Gasteiger partial charge in [0.05, 0.1) is 0 Å². The molecule has 0 radical (unpaired) electrons. The zero-order chi connectivity index (χ0) is 15.9. The number of ether oxygens (including phenoxy) is 1. The van der Waals surface area contributed by atoms with E-state index in [1.807, 2.05) is 26.6 Å². The highest BCUT2D eigenvalue weighted by Gasteiger charge is 2.29. The fourth-order valence-corrected chi connectivity index (χ4v) is 2.06. The number of rotatable bonds is 7. The Hall–Kier alpha value is -1.63. The van der Waals surface area contributed by atoms with Gasteiger partial charge in [0.1, 0.15) is 0 Å². The smallest absolute Gasteiger partial charge is 0.334 e. The highest BCUT2D eigenvalue weighted by molar-refractivity contribution is 6.71. The van der Waals surface area contributed by atoms with Gasteiger partial charge in [0.2, 0.25) is 8.32 Å². The van der Waals surface area contributed by atoms with Crippen LogP contribution in [-0.4, -0.2) is 37.4 Å². The average molecular weight is 302 g/mol. The second kappa shape index (κ2) is 7.84. The van der Waals surface area contributed by atoms with Gasteiger partial charge in [-0.25, -0.2) is 14.4 Å². The van der Waals surface area contributed by atoms with Crippen molar-refractivity contribution in [2.75, 3.05) is 0 Å². The summed E-state index contributed by atoms with van der Waals surface area (Å²) in [5, 5.41) is 8.56. The van der Waals surface area contributed by atoms with Crippen LogP contribution in [0.1, 0.15) is 26.7 Å². The minimum absolute atomic E-state index is 0.0700. The molecule has 0 aromatic rings. The van der Waals surface area contributed by atoms with Gasteiger partial charge in [-0.15, -0.1) is 0 Å². The van der Waals surface area contributed by atoms with Gasteiger partial charge in [-0.3, -0.25) is 0 Å². The molecule has 0 saturated carbocycles. The number of hydrogen-bond donors (Lipinski definition) is 1. The first-order valence-electron chi connectivity index (χ1n) is 6.42. The molecule has 1 atom stereocenters. The van der Waals surface area contributed by atoms with Gasteiger partial charge in [-0.1, -0.05) is 13.3 Å². The van der Waals surface area contributed by atoms with Crippen LogP contribution in [0.2, 0.25) is 19.6 Å². The molecule has 0 amide bonds. The molecule has 114 valence electrons. The van der Waals surface area contributed by atoms with E-state index in [-0.39, 0.29) is 5.57 Å². The number of carboxylic acids is 1. The minimum Gasteiger partial charge on any atom is -0.517 e. The molecule has 0 saturated heterocycles. The molecule has 0 rings (SSSR count). The van der Waals surface area contributed by atoms with Crippen LogP contribution in [0.25, 0.3) is 0 Å². The summed E-state index contributed by atoms with van der Waals surface area (Å²) in [5.74, 6) is -2.63. The van der Waals surface area contributed by atoms with Crippen molar-refractivity contribution in [3.05, 3.63) is 11.6 Å². The second-order valence-electron chi connectivity index (χ2n) is 5.38. The van der Waals surface area contributed by atoms with Crippen LogP contribution >= 0.6 is 0 Å². The Labute approximate surface area is 119 Å². The lowest BCUT2D eigenvalue weighted by atomic mass is 10.2. The molecule has 0 aromatic carbocycles. The van der Waals surface area contributed by atoms with Gasteiger partial charge in [-0.2, -0.15) is 0 Å². The van der Waals surface area contributed by atoms with E-state index in [0.29, 0.717) is 12.8 Å². The van der Waals surface area contributed by atoms with Crippen LogP contribution in [0.15, 0.2) is 11.6 Å². The van der Waals surface area contributed by atoms with Gasteiger partial charge in [0, 0.05) is 11.6 Å². The third kappa shape index (κ3) is 7.73. The van der Waals surface area contributed by atoms with Gasteiger partial charge in [-0.05, 0) is 33.0 Å². The fraction of sp³-hybridized carbons (Fsp3) is 0.615. The SMILES string of the molecule is CCCC(OC(=O)/C(C)=C/C(=O)O)C(=O)O[Si](C)(C)C. The summed E-state index contributed by atoms with van der Waals surface area (Å²) in [6.45, 7) is 8.73. The highest BCUT2D eigenvalue weighted by Crippen LogP contribution is 2.12. The minimum atomic E-state index is -2.07. The summed E-state index contributed by atoms with van der Waals surface area (Å²) in [4.78, 5) is 34.1. The first kappa shape index (κ1) is 18.4. The van der Waals surface area contributed by atoms with Crippen LogP contribution in [0, 0.1) is 0 Å². The topological polar surface area (TPSA) is 89.9 Å². The Bertz CT molecular complexity index is 408. The van der Waals surface area contributed by atoms with E-state index in [4.69, 9.17) is 14.3 Å². The quantitative estimate of drug-likeness (QED) is 0.440. The largest absolute Gasteiger partial charge is 0.517 e. The molecule has 0 aliphatic carbocycles. The first-order valence-corrected chi connectivity index (χ1v) is 9.82. The molecule has 7 heteroatoms. The highest BCUT2D eigenvalue weighted by atomic mass is 28.4. The number of carboxylic acid groups (broad SMARTS) is 1. The van der Waals surface area contributed by atoms with Crippen molar-refractivity contribution in [1.82, 2.24) is 0 Å². The van der Waals surface area contributed by atoms with Crippen molar-refractivity contribution in [3.63, 3.8) is 0 Å². The molecule has 1 N–H and O–H groups in total. The lowest BCUT2D eigenvalue weighted by Crippen LogP contribution is -2.37. The van der Waals surface area contributed by atoms with Crippen molar-refractivity contribution in [1.29, 1.82) is 0 Å². The summed E-state index contributed by atoms with van der Waals surface area (Å²) in [6, 6.07) is 0. The molecule has 0 heterocycles. The molecule has 0 aliphatic rings. The predicted octanol–water partition coefficient (Wildman–Crippen LogP) is 2.11. The summed E-state index contributed by atoms with van der Waals surface area (Å²) >= 11 is 0. The Balaban J connectivity index is 4.82. The number of carbonyl (C=O) groups excluding carboxylic acids is 2. The number of hydrogen-bond acceptors (Lipinski definition) is 5. The van der Waals surface area contributed by atoms with E-state index in [1.54, 1.807) is 0 Å². The maximum absolute atomic E-state index is 11.9. The third-order valence-electron chi connectivity index (χ3n) is 2.13. The third-order valence-corrected chi connectivity index (χ3v) is 2.95. The Morgan fingerprint density at radius 1 is 1.25 bits per heavy atom. The second-order valence-corrected chi connectivity index (χ2v) is 9.81. The van der Waals surface area contributed by atoms with E-state index >= 15 is 0 Å². The molecule has 0 bridgehead atoms. The molecule has 6 nitrogen and oxygen atoms in total. The zero-order valence-electron chi connectivity index (χ0n) is 12.6. The van der Waals surface area contributed by atoms with Crippen LogP contribution in [0.4, 0.5) is 0 Å². The number of aliphatic carboxylic acids is 1. The van der Waals surface area contributed by atoms with Gasteiger partial charge in [0.15, 0.2) is 6.10 Å². The summed E-state index contributed by atoms with van der Waals surface area (Å²) in [5.41, 5.74) is -0.0700. The maximum Gasteiger partial charge on any atom is 0.334 e. The molecule has 0 aliphatic heterocycles. The van der Waals surface area contributed by atoms with Crippen LogP contribution in [0.3, 0.4) is 0 Å². The molecule has 0 fully saturated rings. The van der Waals surface area contributed by atoms with Crippen molar-refractivity contribution in [2.45, 2.75) is 52.4 Å². The standard InChI is InChI=1S/C13H22O6Si/c1-6-7-10(13(17)19-20(3,4)5)18-12(16)9(2)8-11(14)15/h8,10H,6-7H2,1-5H3,(H,14,15)/b9-8+. The molecule has 20 heavy (non-hydrogen) atoms. The van der Waals surface area contributed by atoms with Crippen molar-refractivity contribution in [3.8, 4) is 0 Å². The van der Waals surface area contributed by atoms with Crippen molar-refractivity contribution < 1.29 is 28.7 Å². The summed E-state index contributed by atoms with van der Waals surface area (Å²) < 4.78 is 10.3. The van der Waals surface area contributed by atoms with E-state index < -0.39 is 32.3 Å². The maximum atomic E-state index is 11.9. The molecule has 1 unspecified atom stereocenters. The average Bonchev–Trinajstić information content (AvgIpc) is 2.24. The van der Waals surface area contributed by atoms with E-state index in [9.17, 15) is 14.4 Å². The van der Waals surface area contributed by atoms with E-state index in [0.717, 1.165) is 6.08 Å². The van der Waals surface area contributed by atoms with Crippen molar-refractivity contribution >= 4 is 26.2 Å². The van der Waals surface area contributed by atoms with E-state index in [2.05, 4.69) is 0 Å². The molecular weight excluding hydrogens is 280 g/mol. The van der Waals surface area contributed by atoms with Gasteiger partial charge in [0.25, 0.3) is 0 Å². The van der Waals surface area contributed by atoms with Crippen molar-refractivity contribution in [2.24, 2.45) is 0 Å². The monoisotopic (exact) mass is 302 g/mol. The normalized spacial score (nSPS) is 13.6. The fourth-order valence-electron chi connectivity index (χ4n) is 1.32. The van der Waals surface area contributed by atoms with Crippen LogP contribution in [-0.2, 0) is 23.5 Å². The summed E-state index contributed by atoms with van der Waals surface area (Å²) in [6.07, 6.45) is 0.738. The lowest BCUT2D eigenvalue weighted by molar-refractivity contribution is -0.160. The number of esters is 1. The predicted molar refractivity (Wildman–Crippen MR) is 75.6 cm³/mol. The van der Waals surface area contributed by atoms with Crippen LogP contribution in [0.5, 0.6) is 0 Å². The summed E-state index contributed by atoms with van der Waals surface area (Å²) in [7, 11) is -2.07. The van der Waals surface area contributed by atoms with Gasteiger partial charge >= 0.3 is 17.9 Å². The van der Waals surface area contributed by atoms with E-state index in [1.165, 1.54) is 6.92 Å². The van der Waals surface area contributed by atoms with Crippen LogP contribution < -0.4 is 0 Å².